The number of anilines is 1. The summed E-state index contributed by atoms with van der Waals surface area (Å²) in [4.78, 5) is 0. The molecule has 0 aliphatic heterocycles. The van der Waals surface area contributed by atoms with Crippen LogP contribution in [0.25, 0.3) is 10.9 Å². The maximum atomic E-state index is 12.3. The Morgan fingerprint density at radius 2 is 2.21 bits per heavy atom. The van der Waals surface area contributed by atoms with Crippen molar-refractivity contribution in [3.63, 3.8) is 0 Å². The lowest BCUT2D eigenvalue weighted by Gasteiger charge is -2.04. The van der Waals surface area contributed by atoms with Crippen LogP contribution in [0.3, 0.4) is 0 Å². The van der Waals surface area contributed by atoms with Crippen molar-refractivity contribution in [2.75, 3.05) is 12.4 Å². The standard InChI is InChI=1S/C11H13FN2/c1-8-7-9-10(13)3-2-4-11(9)14(8)6-5-12/h2-4,7H,5-6,13H2,1H3. The van der Waals surface area contributed by atoms with Crippen LogP contribution in [0.2, 0.25) is 0 Å². The molecular formula is C11H13FN2. The third-order valence-corrected chi connectivity index (χ3v) is 2.49. The van der Waals surface area contributed by atoms with Gasteiger partial charge in [-0.2, -0.15) is 0 Å². The number of nitrogens with two attached hydrogens (primary N) is 1. The fourth-order valence-corrected chi connectivity index (χ4v) is 1.82. The molecule has 2 aromatic rings. The van der Waals surface area contributed by atoms with E-state index in [1.807, 2.05) is 35.8 Å². The van der Waals surface area contributed by atoms with Gasteiger partial charge in [-0.25, -0.2) is 4.39 Å². The second-order valence-electron chi connectivity index (χ2n) is 3.41. The molecule has 0 aliphatic carbocycles. The first-order chi connectivity index (χ1) is 6.74. The maximum absolute atomic E-state index is 12.3. The van der Waals surface area contributed by atoms with Crippen molar-refractivity contribution in [3.05, 3.63) is 30.0 Å². The van der Waals surface area contributed by atoms with Crippen LogP contribution in [0.1, 0.15) is 5.69 Å². The minimum absolute atomic E-state index is 0.348. The van der Waals surface area contributed by atoms with Crippen LogP contribution in [0.15, 0.2) is 24.3 Å². The summed E-state index contributed by atoms with van der Waals surface area (Å²) in [5, 5.41) is 1.01. The van der Waals surface area contributed by atoms with Crippen molar-refractivity contribution in [2.24, 2.45) is 0 Å². The van der Waals surface area contributed by atoms with Crippen molar-refractivity contribution in [3.8, 4) is 0 Å². The fourth-order valence-electron chi connectivity index (χ4n) is 1.82. The zero-order valence-corrected chi connectivity index (χ0v) is 8.13. The predicted octanol–water partition coefficient (Wildman–Crippen LogP) is 2.50. The number of hydrogen-bond acceptors (Lipinski definition) is 1. The quantitative estimate of drug-likeness (QED) is 0.728. The van der Waals surface area contributed by atoms with Gasteiger partial charge in [-0.05, 0) is 25.1 Å². The highest BCUT2D eigenvalue weighted by Crippen LogP contribution is 2.24. The molecule has 1 aromatic carbocycles. The van der Waals surface area contributed by atoms with E-state index < -0.39 is 0 Å². The number of halogens is 1. The van der Waals surface area contributed by atoms with E-state index >= 15 is 0 Å². The number of rotatable bonds is 2. The number of hydrogen-bond donors (Lipinski definition) is 1. The van der Waals surface area contributed by atoms with E-state index in [9.17, 15) is 4.39 Å². The summed E-state index contributed by atoms with van der Waals surface area (Å²) >= 11 is 0. The molecule has 0 fully saturated rings. The SMILES string of the molecule is Cc1cc2c(N)cccc2n1CCF. The molecule has 1 heterocycles. The fraction of sp³-hybridized carbons (Fsp3) is 0.273. The average Bonchev–Trinajstić information content (AvgIpc) is 2.47. The summed E-state index contributed by atoms with van der Waals surface area (Å²) in [6, 6.07) is 7.72. The highest BCUT2D eigenvalue weighted by molar-refractivity contribution is 5.92. The summed E-state index contributed by atoms with van der Waals surface area (Å²) in [5.74, 6) is 0. The Kier molecular flexibility index (Phi) is 2.15. The molecule has 0 unspecified atom stereocenters. The Balaban J connectivity index is 2.70. The zero-order chi connectivity index (χ0) is 10.1. The largest absolute Gasteiger partial charge is 0.398 e. The van der Waals surface area contributed by atoms with Gasteiger partial charge < -0.3 is 10.3 Å². The van der Waals surface area contributed by atoms with Gasteiger partial charge in [0.05, 0.1) is 12.1 Å². The topological polar surface area (TPSA) is 30.9 Å². The van der Waals surface area contributed by atoms with Crippen molar-refractivity contribution < 1.29 is 4.39 Å². The number of nitrogen functional groups attached to an aromatic ring is 1. The Hall–Kier alpha value is -1.51. The molecule has 3 heteroatoms. The van der Waals surface area contributed by atoms with E-state index in [1.54, 1.807) is 0 Å². The van der Waals surface area contributed by atoms with E-state index in [1.165, 1.54) is 0 Å². The van der Waals surface area contributed by atoms with Crippen LogP contribution >= 0.6 is 0 Å². The van der Waals surface area contributed by atoms with Crippen LogP contribution in [-0.2, 0) is 6.54 Å². The lowest BCUT2D eigenvalue weighted by Crippen LogP contribution is -2.00. The number of nitrogens with zero attached hydrogens (tertiary/aromatic N) is 1. The summed E-state index contributed by atoms with van der Waals surface area (Å²) in [5.41, 5.74) is 8.65. The van der Waals surface area contributed by atoms with Gasteiger partial charge in [0.15, 0.2) is 0 Å². The van der Waals surface area contributed by atoms with E-state index in [-0.39, 0.29) is 6.67 Å². The second kappa shape index (κ2) is 3.33. The highest BCUT2D eigenvalue weighted by atomic mass is 19.1. The first-order valence-electron chi connectivity index (χ1n) is 4.64. The molecule has 2 nitrogen and oxygen atoms in total. The molecule has 1 aromatic heterocycles. The first-order valence-corrected chi connectivity index (χ1v) is 4.64. The maximum Gasteiger partial charge on any atom is 0.107 e. The molecule has 0 radical (unpaired) electrons. The number of aromatic nitrogens is 1. The van der Waals surface area contributed by atoms with E-state index in [0.717, 1.165) is 22.3 Å². The van der Waals surface area contributed by atoms with Crippen molar-refractivity contribution in [1.29, 1.82) is 0 Å². The molecule has 0 bridgehead atoms. The Morgan fingerprint density at radius 1 is 1.43 bits per heavy atom. The number of aryl methyl sites for hydroxylation is 2. The minimum Gasteiger partial charge on any atom is -0.398 e. The molecule has 14 heavy (non-hydrogen) atoms. The van der Waals surface area contributed by atoms with Gasteiger partial charge >= 0.3 is 0 Å². The van der Waals surface area contributed by atoms with E-state index in [2.05, 4.69) is 0 Å². The molecule has 0 saturated carbocycles. The Bertz CT molecular complexity index is 460. The molecule has 0 aliphatic rings. The first kappa shape index (κ1) is 9.06. The second-order valence-corrected chi connectivity index (χ2v) is 3.41. The molecule has 0 saturated heterocycles. The van der Waals surface area contributed by atoms with Crippen molar-refractivity contribution >= 4 is 16.6 Å². The smallest absolute Gasteiger partial charge is 0.107 e. The lowest BCUT2D eigenvalue weighted by molar-refractivity contribution is 0.448. The van der Waals surface area contributed by atoms with Crippen LogP contribution in [0, 0.1) is 6.92 Å². The van der Waals surface area contributed by atoms with Crippen LogP contribution in [0.5, 0.6) is 0 Å². The Morgan fingerprint density at radius 3 is 2.93 bits per heavy atom. The molecule has 2 rings (SSSR count). The van der Waals surface area contributed by atoms with Gasteiger partial charge in [0.1, 0.15) is 6.67 Å². The average molecular weight is 192 g/mol. The molecule has 0 amide bonds. The van der Waals surface area contributed by atoms with Gasteiger partial charge in [0.25, 0.3) is 0 Å². The predicted molar refractivity (Wildman–Crippen MR) is 57.1 cm³/mol. The molecule has 0 atom stereocenters. The van der Waals surface area contributed by atoms with Crippen LogP contribution in [-0.4, -0.2) is 11.2 Å². The lowest BCUT2D eigenvalue weighted by atomic mass is 10.2. The van der Waals surface area contributed by atoms with Crippen LogP contribution in [0.4, 0.5) is 10.1 Å². The third kappa shape index (κ3) is 1.25. The summed E-state index contributed by atoms with van der Waals surface area (Å²) in [6.07, 6.45) is 0. The molecule has 2 N–H and O–H groups in total. The van der Waals surface area contributed by atoms with Crippen LogP contribution < -0.4 is 5.73 Å². The van der Waals surface area contributed by atoms with Gasteiger partial charge in [0.2, 0.25) is 0 Å². The zero-order valence-electron chi connectivity index (χ0n) is 8.13. The monoisotopic (exact) mass is 192 g/mol. The van der Waals surface area contributed by atoms with Gasteiger partial charge in [-0.1, -0.05) is 6.07 Å². The van der Waals surface area contributed by atoms with Crippen molar-refractivity contribution in [1.82, 2.24) is 4.57 Å². The molecule has 74 valence electrons. The van der Waals surface area contributed by atoms with Gasteiger partial charge in [-0.15, -0.1) is 0 Å². The molecular weight excluding hydrogens is 179 g/mol. The summed E-state index contributed by atoms with van der Waals surface area (Å²) < 4.78 is 14.3. The summed E-state index contributed by atoms with van der Waals surface area (Å²) in [7, 11) is 0. The number of fused-ring (bicyclic) bond motifs is 1. The van der Waals surface area contributed by atoms with E-state index in [4.69, 9.17) is 5.73 Å². The number of benzene rings is 1. The van der Waals surface area contributed by atoms with E-state index in [0.29, 0.717) is 6.54 Å². The minimum atomic E-state index is -0.348. The van der Waals surface area contributed by atoms with Gasteiger partial charge in [0, 0.05) is 16.8 Å². The third-order valence-electron chi connectivity index (χ3n) is 2.49. The molecule has 0 spiro atoms. The number of alkyl halides is 1. The highest BCUT2D eigenvalue weighted by Gasteiger charge is 2.06. The summed E-state index contributed by atoms with van der Waals surface area (Å²) in [6.45, 7) is 2.02. The van der Waals surface area contributed by atoms with Crippen molar-refractivity contribution in [2.45, 2.75) is 13.5 Å². The van der Waals surface area contributed by atoms with Gasteiger partial charge in [-0.3, -0.25) is 0 Å². The Labute approximate surface area is 82.1 Å². The normalized spacial score (nSPS) is 11.0.